The van der Waals surface area contributed by atoms with Gasteiger partial charge in [-0.2, -0.15) is 0 Å². The van der Waals surface area contributed by atoms with Crippen molar-refractivity contribution in [1.82, 2.24) is 10.3 Å². The molecule has 0 saturated carbocycles. The lowest BCUT2D eigenvalue weighted by molar-refractivity contribution is 0.0691. The summed E-state index contributed by atoms with van der Waals surface area (Å²) in [6.45, 7) is 0.00452. The molecule has 0 aliphatic heterocycles. The first-order chi connectivity index (χ1) is 9.49. The second-order valence-electron chi connectivity index (χ2n) is 3.79. The first kappa shape index (κ1) is 13.8. The van der Waals surface area contributed by atoms with Crippen molar-refractivity contribution in [2.24, 2.45) is 0 Å². The summed E-state index contributed by atoms with van der Waals surface area (Å²) in [5.74, 6) is -2.49. The van der Waals surface area contributed by atoms with Gasteiger partial charge in [0.1, 0.15) is 22.1 Å². The highest BCUT2D eigenvalue weighted by molar-refractivity contribution is 7.09. The van der Waals surface area contributed by atoms with Gasteiger partial charge >= 0.3 is 5.97 Å². The Morgan fingerprint density at radius 3 is 2.45 bits per heavy atom. The van der Waals surface area contributed by atoms with Crippen LogP contribution in [0, 0.1) is 0 Å². The molecule has 0 aliphatic carbocycles. The molecule has 8 heteroatoms. The number of amides is 1. The van der Waals surface area contributed by atoms with Crippen molar-refractivity contribution >= 4 is 23.2 Å². The summed E-state index contributed by atoms with van der Waals surface area (Å²) >= 11 is 1.09. The summed E-state index contributed by atoms with van der Waals surface area (Å²) < 4.78 is 0. The molecule has 0 unspecified atom stereocenters. The lowest BCUT2D eigenvalue weighted by Crippen LogP contribution is -2.23. The van der Waals surface area contributed by atoms with Crippen LogP contribution < -0.4 is 5.32 Å². The van der Waals surface area contributed by atoms with Gasteiger partial charge in [-0.25, -0.2) is 9.78 Å². The molecule has 0 aliphatic rings. The number of phenolic OH excluding ortho intramolecular Hbond substituents is 2. The maximum absolute atomic E-state index is 11.8. The molecule has 1 amide bonds. The molecule has 1 aromatic carbocycles. The summed E-state index contributed by atoms with van der Waals surface area (Å²) in [5, 5.41) is 32.0. The minimum absolute atomic E-state index is 0.00452. The number of rotatable bonds is 4. The van der Waals surface area contributed by atoms with Gasteiger partial charge in [-0.15, -0.1) is 11.3 Å². The molecule has 2 aromatic rings. The number of hydrogen-bond donors (Lipinski definition) is 4. The Hall–Kier alpha value is -2.61. The van der Waals surface area contributed by atoms with E-state index in [9.17, 15) is 19.8 Å². The fourth-order valence-electron chi connectivity index (χ4n) is 1.50. The average molecular weight is 294 g/mol. The second kappa shape index (κ2) is 5.57. The summed E-state index contributed by atoms with van der Waals surface area (Å²) in [6.07, 6.45) is 0. The van der Waals surface area contributed by atoms with E-state index in [1.165, 1.54) is 23.6 Å². The van der Waals surface area contributed by atoms with Crippen LogP contribution in [0.5, 0.6) is 11.5 Å². The third-order valence-corrected chi connectivity index (χ3v) is 3.27. The van der Waals surface area contributed by atoms with E-state index in [-0.39, 0.29) is 29.3 Å². The second-order valence-corrected chi connectivity index (χ2v) is 4.73. The molecule has 20 heavy (non-hydrogen) atoms. The van der Waals surface area contributed by atoms with Crippen LogP contribution in [0.15, 0.2) is 23.6 Å². The van der Waals surface area contributed by atoms with E-state index in [0.29, 0.717) is 5.01 Å². The van der Waals surface area contributed by atoms with Crippen LogP contribution in [0.3, 0.4) is 0 Å². The standard InChI is InChI=1S/C12H10N2O5S/c15-7-2-1-3-8(16)10(7)11(17)13-4-9-14-6(5-20-9)12(18)19/h1-3,5,15-16H,4H2,(H,13,17)(H,18,19). The number of carbonyl (C=O) groups excluding carboxylic acids is 1. The quantitative estimate of drug-likeness (QED) is 0.672. The number of phenols is 2. The monoisotopic (exact) mass is 294 g/mol. The zero-order valence-electron chi connectivity index (χ0n) is 10.0. The number of thiazole rings is 1. The lowest BCUT2D eigenvalue weighted by atomic mass is 10.1. The van der Waals surface area contributed by atoms with Gasteiger partial charge in [-0.05, 0) is 12.1 Å². The van der Waals surface area contributed by atoms with Crippen LogP contribution >= 0.6 is 11.3 Å². The highest BCUT2D eigenvalue weighted by Crippen LogP contribution is 2.26. The molecule has 104 valence electrons. The van der Waals surface area contributed by atoms with Crippen molar-refractivity contribution in [3.63, 3.8) is 0 Å². The first-order valence-electron chi connectivity index (χ1n) is 5.46. The van der Waals surface area contributed by atoms with Crippen molar-refractivity contribution in [2.75, 3.05) is 0 Å². The zero-order chi connectivity index (χ0) is 14.7. The molecule has 4 N–H and O–H groups in total. The van der Waals surface area contributed by atoms with Crippen LogP contribution in [-0.4, -0.2) is 32.2 Å². The van der Waals surface area contributed by atoms with E-state index in [1.54, 1.807) is 0 Å². The summed E-state index contributed by atoms with van der Waals surface area (Å²) in [4.78, 5) is 26.3. The van der Waals surface area contributed by atoms with Crippen LogP contribution in [0.2, 0.25) is 0 Å². The van der Waals surface area contributed by atoms with Crippen molar-refractivity contribution in [3.05, 3.63) is 39.8 Å². The molecule has 1 aromatic heterocycles. The Balaban J connectivity index is 2.07. The van der Waals surface area contributed by atoms with Crippen molar-refractivity contribution in [2.45, 2.75) is 6.54 Å². The SMILES string of the molecule is O=C(O)c1csc(CNC(=O)c2c(O)cccc2O)n1. The number of benzene rings is 1. The van der Waals surface area contributed by atoms with E-state index in [1.807, 2.05) is 0 Å². The summed E-state index contributed by atoms with van der Waals surface area (Å²) in [7, 11) is 0. The lowest BCUT2D eigenvalue weighted by Gasteiger charge is -2.07. The Labute approximate surface area is 117 Å². The third kappa shape index (κ3) is 2.86. The minimum atomic E-state index is -1.14. The Kier molecular flexibility index (Phi) is 3.85. The van der Waals surface area contributed by atoms with E-state index in [4.69, 9.17) is 5.11 Å². The normalized spacial score (nSPS) is 10.2. The fourth-order valence-corrected chi connectivity index (χ4v) is 2.20. The van der Waals surface area contributed by atoms with Gasteiger partial charge in [-0.1, -0.05) is 6.07 Å². The molecule has 0 fully saturated rings. The van der Waals surface area contributed by atoms with Gasteiger partial charge in [0.15, 0.2) is 5.69 Å². The van der Waals surface area contributed by atoms with E-state index < -0.39 is 11.9 Å². The number of aromatic carboxylic acids is 1. The maximum atomic E-state index is 11.8. The molecule has 0 radical (unpaired) electrons. The topological polar surface area (TPSA) is 120 Å². The predicted octanol–water partition coefficient (Wildman–Crippen LogP) is 1.18. The number of carboxylic acid groups (broad SMARTS) is 1. The molecular formula is C12H10N2O5S. The van der Waals surface area contributed by atoms with E-state index in [0.717, 1.165) is 11.3 Å². The van der Waals surface area contributed by atoms with Crippen LogP contribution in [-0.2, 0) is 6.54 Å². The van der Waals surface area contributed by atoms with E-state index >= 15 is 0 Å². The molecule has 2 rings (SSSR count). The number of carboxylic acids is 1. The number of nitrogens with one attached hydrogen (secondary N) is 1. The molecule has 0 atom stereocenters. The summed E-state index contributed by atoms with van der Waals surface area (Å²) in [6, 6.07) is 3.96. The third-order valence-electron chi connectivity index (χ3n) is 2.42. The molecule has 0 spiro atoms. The van der Waals surface area contributed by atoms with Crippen LogP contribution in [0.25, 0.3) is 0 Å². The fraction of sp³-hybridized carbons (Fsp3) is 0.0833. The van der Waals surface area contributed by atoms with Crippen LogP contribution in [0.1, 0.15) is 25.9 Å². The highest BCUT2D eigenvalue weighted by Gasteiger charge is 2.16. The van der Waals surface area contributed by atoms with Gasteiger partial charge in [-0.3, -0.25) is 4.79 Å². The molecule has 1 heterocycles. The van der Waals surface area contributed by atoms with Gasteiger partial charge in [0.2, 0.25) is 0 Å². The zero-order valence-corrected chi connectivity index (χ0v) is 10.8. The Morgan fingerprint density at radius 1 is 1.25 bits per heavy atom. The number of aromatic nitrogens is 1. The maximum Gasteiger partial charge on any atom is 0.355 e. The van der Waals surface area contributed by atoms with Crippen molar-refractivity contribution in [3.8, 4) is 11.5 Å². The summed E-state index contributed by atoms with van der Waals surface area (Å²) in [5.41, 5.74) is -0.327. The van der Waals surface area contributed by atoms with Crippen LogP contribution in [0.4, 0.5) is 0 Å². The number of carbonyl (C=O) groups is 2. The van der Waals surface area contributed by atoms with Gasteiger partial charge in [0, 0.05) is 5.38 Å². The van der Waals surface area contributed by atoms with Gasteiger partial charge < -0.3 is 20.6 Å². The first-order valence-corrected chi connectivity index (χ1v) is 6.34. The van der Waals surface area contributed by atoms with E-state index in [2.05, 4.69) is 10.3 Å². The van der Waals surface area contributed by atoms with Crippen molar-refractivity contribution < 1.29 is 24.9 Å². The Morgan fingerprint density at radius 2 is 1.90 bits per heavy atom. The average Bonchev–Trinajstić information content (AvgIpc) is 2.85. The van der Waals surface area contributed by atoms with Gasteiger partial charge in [0.05, 0.1) is 6.54 Å². The smallest absolute Gasteiger partial charge is 0.355 e. The number of nitrogens with zero attached hydrogens (tertiary/aromatic N) is 1. The molecule has 0 bridgehead atoms. The van der Waals surface area contributed by atoms with Crippen molar-refractivity contribution in [1.29, 1.82) is 0 Å². The largest absolute Gasteiger partial charge is 0.507 e. The molecule has 0 saturated heterocycles. The Bertz CT molecular complexity index is 647. The number of hydrogen-bond acceptors (Lipinski definition) is 6. The molecular weight excluding hydrogens is 284 g/mol. The highest BCUT2D eigenvalue weighted by atomic mass is 32.1. The van der Waals surface area contributed by atoms with Gasteiger partial charge in [0.25, 0.3) is 5.91 Å². The predicted molar refractivity (Wildman–Crippen MR) is 70.0 cm³/mol. The number of aromatic hydroxyl groups is 2. The minimum Gasteiger partial charge on any atom is -0.507 e. The molecule has 7 nitrogen and oxygen atoms in total.